The minimum Gasteiger partial charge on any atom is -0.493 e. The van der Waals surface area contributed by atoms with Crippen molar-refractivity contribution in [1.29, 1.82) is 0 Å². The van der Waals surface area contributed by atoms with Crippen LogP contribution in [0, 0.1) is 11.8 Å². The largest absolute Gasteiger partial charge is 0.493 e. The number of ether oxygens (including phenoxy) is 1. The Labute approximate surface area is 221 Å². The Kier molecular flexibility index (Phi) is 9.09. The number of nitrogens with one attached hydrogen (secondary N) is 1. The van der Waals surface area contributed by atoms with Crippen molar-refractivity contribution < 1.29 is 22.7 Å². The molecule has 1 fully saturated rings. The number of hydrogen-bond acceptors (Lipinski definition) is 4. The molecule has 2 aromatic carbocycles. The molecule has 1 aliphatic heterocycles. The Balaban J connectivity index is 1.20. The van der Waals surface area contributed by atoms with E-state index in [1.807, 2.05) is 41.1 Å². The lowest BCUT2D eigenvalue weighted by atomic mass is 9.98. The van der Waals surface area contributed by atoms with Gasteiger partial charge in [-0.05, 0) is 73.6 Å². The van der Waals surface area contributed by atoms with Gasteiger partial charge in [0, 0.05) is 18.8 Å². The zero-order valence-corrected chi connectivity index (χ0v) is 21.9. The highest BCUT2D eigenvalue weighted by atomic mass is 19.4. The first-order valence-corrected chi connectivity index (χ1v) is 13.1. The van der Waals surface area contributed by atoms with Crippen molar-refractivity contribution in [1.82, 2.24) is 20.0 Å². The van der Waals surface area contributed by atoms with Gasteiger partial charge in [0.1, 0.15) is 5.75 Å². The summed E-state index contributed by atoms with van der Waals surface area (Å²) in [6.45, 7) is 6.92. The second kappa shape index (κ2) is 12.5. The lowest BCUT2D eigenvalue weighted by Crippen LogP contribution is -2.43. The van der Waals surface area contributed by atoms with Gasteiger partial charge in [-0.2, -0.15) is 18.3 Å². The van der Waals surface area contributed by atoms with E-state index in [4.69, 9.17) is 9.84 Å². The number of amides is 1. The maximum atomic E-state index is 12.7. The summed E-state index contributed by atoms with van der Waals surface area (Å²) < 4.78 is 45.8. The van der Waals surface area contributed by atoms with Crippen LogP contribution in [0.2, 0.25) is 0 Å². The molecule has 9 heteroatoms. The minimum atomic E-state index is -4.35. The standard InChI is InChI=1S/C29H35F3N4O2/c1-21(2)16-26-17-24(34-36(26)25-6-4-3-5-7-25)18-28(37)33-20-35-14-12-22(13-15-35)19-38-27-10-8-23(9-11-27)29(30,31)32/h3-11,17,21-22H,12-16,18-20H2,1-2H3,(H,33,37). The maximum Gasteiger partial charge on any atom is 0.416 e. The number of carbonyl (C=O) groups is 1. The number of alkyl halides is 3. The Morgan fingerprint density at radius 2 is 1.76 bits per heavy atom. The lowest BCUT2D eigenvalue weighted by Gasteiger charge is -2.31. The van der Waals surface area contributed by atoms with Gasteiger partial charge >= 0.3 is 6.18 Å². The van der Waals surface area contributed by atoms with Gasteiger partial charge < -0.3 is 10.1 Å². The van der Waals surface area contributed by atoms with Crippen molar-refractivity contribution in [2.24, 2.45) is 11.8 Å². The Hall–Kier alpha value is -3.33. The van der Waals surface area contributed by atoms with Crippen molar-refractivity contribution in [3.63, 3.8) is 0 Å². The zero-order chi connectivity index (χ0) is 27.1. The number of benzene rings is 2. The second-order valence-electron chi connectivity index (χ2n) is 10.3. The minimum absolute atomic E-state index is 0.0634. The number of nitrogens with zero attached hydrogens (tertiary/aromatic N) is 3. The summed E-state index contributed by atoms with van der Waals surface area (Å²) in [4.78, 5) is 14.9. The van der Waals surface area contributed by atoms with E-state index in [-0.39, 0.29) is 12.3 Å². The third kappa shape index (κ3) is 7.84. The van der Waals surface area contributed by atoms with Crippen LogP contribution in [0.15, 0.2) is 60.7 Å². The van der Waals surface area contributed by atoms with Gasteiger partial charge in [0.05, 0.1) is 36.6 Å². The molecule has 0 radical (unpaired) electrons. The van der Waals surface area contributed by atoms with Gasteiger partial charge in [0.2, 0.25) is 5.91 Å². The normalized spacial score (nSPS) is 15.1. The predicted octanol–water partition coefficient (Wildman–Crippen LogP) is 5.50. The highest BCUT2D eigenvalue weighted by Crippen LogP contribution is 2.30. The average molecular weight is 529 g/mol. The van der Waals surface area contributed by atoms with Gasteiger partial charge in [-0.1, -0.05) is 32.0 Å². The van der Waals surface area contributed by atoms with E-state index in [1.165, 1.54) is 12.1 Å². The topological polar surface area (TPSA) is 59.4 Å². The molecule has 0 unspecified atom stereocenters. The molecule has 4 rings (SSSR count). The number of rotatable bonds is 10. The molecule has 3 aromatic rings. The van der Waals surface area contributed by atoms with Crippen LogP contribution >= 0.6 is 0 Å². The highest BCUT2D eigenvalue weighted by Gasteiger charge is 2.30. The number of carbonyl (C=O) groups excluding carboxylic acids is 1. The van der Waals surface area contributed by atoms with E-state index in [0.717, 1.165) is 61.6 Å². The van der Waals surface area contributed by atoms with Crippen LogP contribution in [0.25, 0.3) is 5.69 Å². The number of para-hydroxylation sites is 1. The lowest BCUT2D eigenvalue weighted by molar-refractivity contribution is -0.137. The van der Waals surface area contributed by atoms with Crippen molar-refractivity contribution in [2.75, 3.05) is 26.4 Å². The summed E-state index contributed by atoms with van der Waals surface area (Å²) >= 11 is 0. The van der Waals surface area contributed by atoms with Crippen LogP contribution in [0.3, 0.4) is 0 Å². The summed E-state index contributed by atoms with van der Waals surface area (Å²) in [5.74, 6) is 1.18. The zero-order valence-electron chi connectivity index (χ0n) is 21.9. The van der Waals surface area contributed by atoms with Gasteiger partial charge in [0.15, 0.2) is 0 Å². The van der Waals surface area contributed by atoms with E-state index in [0.29, 0.717) is 30.9 Å². The first-order chi connectivity index (χ1) is 18.2. The van der Waals surface area contributed by atoms with Gasteiger partial charge in [0.25, 0.3) is 0 Å². The quantitative estimate of drug-likeness (QED) is 0.378. The van der Waals surface area contributed by atoms with E-state index in [1.54, 1.807) is 0 Å². The predicted molar refractivity (Wildman–Crippen MR) is 140 cm³/mol. The van der Waals surface area contributed by atoms with Gasteiger partial charge in [-0.3, -0.25) is 9.69 Å². The summed E-state index contributed by atoms with van der Waals surface area (Å²) in [7, 11) is 0. The molecular weight excluding hydrogens is 493 g/mol. The van der Waals surface area contributed by atoms with Crippen LogP contribution in [0.5, 0.6) is 5.75 Å². The molecule has 0 aliphatic carbocycles. The Bertz CT molecular complexity index is 1170. The molecule has 1 aromatic heterocycles. The van der Waals surface area contributed by atoms with Crippen LogP contribution in [0.1, 0.15) is 43.6 Å². The summed E-state index contributed by atoms with van der Waals surface area (Å²) in [6.07, 6.45) is -1.45. The van der Waals surface area contributed by atoms with E-state index in [2.05, 4.69) is 24.1 Å². The first-order valence-electron chi connectivity index (χ1n) is 13.1. The summed E-state index contributed by atoms with van der Waals surface area (Å²) in [5, 5.41) is 7.73. The molecule has 1 amide bonds. The van der Waals surface area contributed by atoms with Crippen molar-refractivity contribution in [3.05, 3.63) is 77.6 Å². The number of halogens is 3. The van der Waals surface area contributed by atoms with Crippen LogP contribution in [0.4, 0.5) is 13.2 Å². The fourth-order valence-electron chi connectivity index (χ4n) is 4.61. The van der Waals surface area contributed by atoms with E-state index < -0.39 is 11.7 Å². The smallest absolute Gasteiger partial charge is 0.416 e. The molecule has 1 saturated heterocycles. The number of aromatic nitrogens is 2. The molecule has 0 bridgehead atoms. The Morgan fingerprint density at radius 3 is 2.39 bits per heavy atom. The molecule has 204 valence electrons. The molecule has 38 heavy (non-hydrogen) atoms. The van der Waals surface area contributed by atoms with Crippen LogP contribution < -0.4 is 10.1 Å². The van der Waals surface area contributed by atoms with Gasteiger partial charge in [-0.25, -0.2) is 4.68 Å². The average Bonchev–Trinajstić information content (AvgIpc) is 3.28. The van der Waals surface area contributed by atoms with Crippen molar-refractivity contribution in [2.45, 2.75) is 45.7 Å². The number of hydrogen-bond donors (Lipinski definition) is 1. The first kappa shape index (κ1) is 27.7. The monoisotopic (exact) mass is 528 g/mol. The molecular formula is C29H35F3N4O2. The van der Waals surface area contributed by atoms with Crippen LogP contribution in [-0.4, -0.2) is 47.0 Å². The maximum absolute atomic E-state index is 12.7. The molecule has 6 nitrogen and oxygen atoms in total. The fourth-order valence-corrected chi connectivity index (χ4v) is 4.61. The summed E-state index contributed by atoms with van der Waals surface area (Å²) in [6, 6.07) is 16.8. The Morgan fingerprint density at radius 1 is 1.08 bits per heavy atom. The van der Waals surface area contributed by atoms with Crippen LogP contribution in [-0.2, 0) is 23.8 Å². The van der Waals surface area contributed by atoms with Gasteiger partial charge in [-0.15, -0.1) is 0 Å². The SMILES string of the molecule is CC(C)Cc1cc(CC(=O)NCN2CCC(COc3ccc(C(F)(F)F)cc3)CC2)nn1-c1ccccc1. The third-order valence-corrected chi connectivity index (χ3v) is 6.67. The van der Waals surface area contributed by atoms with Crippen molar-refractivity contribution in [3.8, 4) is 11.4 Å². The third-order valence-electron chi connectivity index (χ3n) is 6.67. The molecule has 1 N–H and O–H groups in total. The molecule has 0 saturated carbocycles. The molecule has 0 spiro atoms. The number of likely N-dealkylation sites (tertiary alicyclic amines) is 1. The molecule has 0 atom stereocenters. The second-order valence-corrected chi connectivity index (χ2v) is 10.3. The fraction of sp³-hybridized carbons (Fsp3) is 0.448. The van der Waals surface area contributed by atoms with Crippen molar-refractivity contribution >= 4 is 5.91 Å². The highest BCUT2D eigenvalue weighted by molar-refractivity contribution is 5.78. The summed E-state index contributed by atoms with van der Waals surface area (Å²) in [5.41, 5.74) is 2.15. The molecule has 1 aliphatic rings. The number of piperidine rings is 1. The van der Waals surface area contributed by atoms with E-state index >= 15 is 0 Å². The van der Waals surface area contributed by atoms with E-state index in [9.17, 15) is 18.0 Å². The molecule has 2 heterocycles.